The van der Waals surface area contributed by atoms with Crippen molar-refractivity contribution in [3.8, 4) is 0 Å². The lowest BCUT2D eigenvalue weighted by Gasteiger charge is -2.09. The Labute approximate surface area is 63.2 Å². The normalized spacial score (nSPS) is 13.7. The first kappa shape index (κ1) is 9.31. The van der Waals surface area contributed by atoms with Crippen molar-refractivity contribution < 1.29 is 4.74 Å². The van der Waals surface area contributed by atoms with Crippen LogP contribution >= 0.6 is 12.6 Å². The van der Waals surface area contributed by atoms with Gasteiger partial charge in [0.05, 0.1) is 12.7 Å². The molecule has 0 aromatic carbocycles. The molecule has 0 heterocycles. The molecule has 0 spiro atoms. The molecule has 0 bridgehead atoms. The van der Waals surface area contributed by atoms with Crippen LogP contribution in [0.25, 0.3) is 0 Å². The van der Waals surface area contributed by atoms with Crippen molar-refractivity contribution in [1.82, 2.24) is 0 Å². The van der Waals surface area contributed by atoms with Gasteiger partial charge in [-0.3, -0.25) is 0 Å². The largest absolute Gasteiger partial charge is 0.378 e. The number of ether oxygens (including phenoxy) is 1. The molecule has 0 radical (unpaired) electrons. The van der Waals surface area contributed by atoms with Gasteiger partial charge in [-0.2, -0.15) is 12.6 Å². The zero-order valence-electron chi connectivity index (χ0n) is 6.26. The molecule has 0 aliphatic carbocycles. The summed E-state index contributed by atoms with van der Waals surface area (Å²) in [5.41, 5.74) is 0. The first-order valence-electron chi connectivity index (χ1n) is 3.53. The standard InChI is InChI=1S/C7H16OS/c1-3-4-7(2)8-5-6-9/h7,9H,3-6H2,1-2H3. The highest BCUT2D eigenvalue weighted by Gasteiger charge is 1.97. The third-order valence-corrected chi connectivity index (χ3v) is 1.37. The van der Waals surface area contributed by atoms with Crippen LogP contribution in [-0.2, 0) is 4.74 Å². The quantitative estimate of drug-likeness (QED) is 0.588. The van der Waals surface area contributed by atoms with E-state index in [4.69, 9.17) is 4.74 Å². The average molecular weight is 148 g/mol. The van der Waals surface area contributed by atoms with Crippen LogP contribution in [0.3, 0.4) is 0 Å². The molecule has 0 saturated heterocycles. The highest BCUT2D eigenvalue weighted by molar-refractivity contribution is 7.80. The molecule has 0 aromatic heterocycles. The van der Waals surface area contributed by atoms with Crippen LogP contribution < -0.4 is 0 Å². The first-order chi connectivity index (χ1) is 4.31. The van der Waals surface area contributed by atoms with Gasteiger partial charge in [-0.05, 0) is 13.3 Å². The minimum atomic E-state index is 0.419. The molecule has 0 aromatic rings. The summed E-state index contributed by atoms with van der Waals surface area (Å²) >= 11 is 4.04. The molecule has 0 saturated carbocycles. The molecule has 0 rings (SSSR count). The number of rotatable bonds is 5. The van der Waals surface area contributed by atoms with Gasteiger partial charge in [-0.25, -0.2) is 0 Å². The Morgan fingerprint density at radius 3 is 2.67 bits per heavy atom. The van der Waals surface area contributed by atoms with E-state index in [2.05, 4.69) is 26.5 Å². The van der Waals surface area contributed by atoms with E-state index in [1.807, 2.05) is 0 Å². The van der Waals surface area contributed by atoms with E-state index in [0.29, 0.717) is 6.10 Å². The van der Waals surface area contributed by atoms with Crippen LogP contribution in [0.4, 0.5) is 0 Å². The van der Waals surface area contributed by atoms with Crippen molar-refractivity contribution in [2.24, 2.45) is 0 Å². The second kappa shape index (κ2) is 6.43. The van der Waals surface area contributed by atoms with Crippen LogP contribution in [-0.4, -0.2) is 18.5 Å². The van der Waals surface area contributed by atoms with Gasteiger partial charge in [0.1, 0.15) is 0 Å². The Balaban J connectivity index is 2.95. The summed E-state index contributed by atoms with van der Waals surface area (Å²) in [6.45, 7) is 5.05. The van der Waals surface area contributed by atoms with Crippen molar-refractivity contribution >= 4 is 12.6 Å². The second-order valence-electron chi connectivity index (χ2n) is 2.19. The summed E-state index contributed by atoms with van der Waals surface area (Å²) in [5, 5.41) is 0. The zero-order valence-corrected chi connectivity index (χ0v) is 7.16. The van der Waals surface area contributed by atoms with E-state index in [-0.39, 0.29) is 0 Å². The Morgan fingerprint density at radius 1 is 1.56 bits per heavy atom. The van der Waals surface area contributed by atoms with Crippen LogP contribution in [0.15, 0.2) is 0 Å². The van der Waals surface area contributed by atoms with Crippen LogP contribution in [0.5, 0.6) is 0 Å². The summed E-state index contributed by atoms with van der Waals surface area (Å²) in [6, 6.07) is 0. The maximum Gasteiger partial charge on any atom is 0.0557 e. The molecule has 0 amide bonds. The summed E-state index contributed by atoms with van der Waals surface area (Å²) in [4.78, 5) is 0. The minimum Gasteiger partial charge on any atom is -0.378 e. The van der Waals surface area contributed by atoms with E-state index in [0.717, 1.165) is 18.8 Å². The Morgan fingerprint density at radius 2 is 2.22 bits per heavy atom. The van der Waals surface area contributed by atoms with E-state index < -0.39 is 0 Å². The summed E-state index contributed by atoms with van der Waals surface area (Å²) in [7, 11) is 0. The number of thiol groups is 1. The molecule has 0 aliphatic heterocycles. The Hall–Kier alpha value is 0.310. The number of hydrogen-bond donors (Lipinski definition) is 1. The summed E-state index contributed by atoms with van der Waals surface area (Å²) < 4.78 is 5.36. The van der Waals surface area contributed by atoms with Gasteiger partial charge < -0.3 is 4.74 Å². The van der Waals surface area contributed by atoms with Crippen molar-refractivity contribution in [2.45, 2.75) is 32.8 Å². The lowest BCUT2D eigenvalue weighted by atomic mass is 10.2. The van der Waals surface area contributed by atoms with Crippen molar-refractivity contribution in [3.63, 3.8) is 0 Å². The molecule has 9 heavy (non-hydrogen) atoms. The fraction of sp³-hybridized carbons (Fsp3) is 1.00. The molecule has 56 valence electrons. The lowest BCUT2D eigenvalue weighted by Crippen LogP contribution is -2.08. The maximum atomic E-state index is 5.36. The van der Waals surface area contributed by atoms with Gasteiger partial charge >= 0.3 is 0 Å². The monoisotopic (exact) mass is 148 g/mol. The first-order valence-corrected chi connectivity index (χ1v) is 4.17. The van der Waals surface area contributed by atoms with Gasteiger partial charge in [0.2, 0.25) is 0 Å². The van der Waals surface area contributed by atoms with Crippen LogP contribution in [0, 0.1) is 0 Å². The van der Waals surface area contributed by atoms with Crippen molar-refractivity contribution in [1.29, 1.82) is 0 Å². The van der Waals surface area contributed by atoms with Crippen LogP contribution in [0.2, 0.25) is 0 Å². The SMILES string of the molecule is CCCC(C)OCCS. The highest BCUT2D eigenvalue weighted by atomic mass is 32.1. The van der Waals surface area contributed by atoms with Gasteiger partial charge in [-0.1, -0.05) is 13.3 Å². The minimum absolute atomic E-state index is 0.419. The molecule has 0 N–H and O–H groups in total. The third-order valence-electron chi connectivity index (χ3n) is 1.19. The van der Waals surface area contributed by atoms with Crippen molar-refractivity contribution in [3.05, 3.63) is 0 Å². The topological polar surface area (TPSA) is 9.23 Å². The molecule has 1 atom stereocenters. The third kappa shape index (κ3) is 6.19. The van der Waals surface area contributed by atoms with E-state index in [1.54, 1.807) is 0 Å². The molecule has 0 fully saturated rings. The average Bonchev–Trinajstić information content (AvgIpc) is 1.85. The summed E-state index contributed by atoms with van der Waals surface area (Å²) in [6.07, 6.45) is 2.78. The fourth-order valence-corrected chi connectivity index (χ4v) is 0.849. The molecule has 1 unspecified atom stereocenters. The van der Waals surface area contributed by atoms with E-state index in [1.165, 1.54) is 6.42 Å². The Bertz CT molecular complexity index is 56.9. The predicted octanol–water partition coefficient (Wildman–Crippen LogP) is 2.12. The van der Waals surface area contributed by atoms with E-state index in [9.17, 15) is 0 Å². The molecule has 1 nitrogen and oxygen atoms in total. The molecular weight excluding hydrogens is 132 g/mol. The molecule has 2 heteroatoms. The zero-order chi connectivity index (χ0) is 7.11. The Kier molecular flexibility index (Phi) is 6.65. The second-order valence-corrected chi connectivity index (χ2v) is 2.64. The predicted molar refractivity (Wildman–Crippen MR) is 44.2 cm³/mol. The lowest BCUT2D eigenvalue weighted by molar-refractivity contribution is 0.0719. The van der Waals surface area contributed by atoms with Gasteiger partial charge in [0, 0.05) is 5.75 Å². The van der Waals surface area contributed by atoms with E-state index >= 15 is 0 Å². The smallest absolute Gasteiger partial charge is 0.0557 e. The molecular formula is C7H16OS. The summed E-state index contributed by atoms with van der Waals surface area (Å²) in [5.74, 6) is 0.827. The van der Waals surface area contributed by atoms with Gasteiger partial charge in [0.15, 0.2) is 0 Å². The molecule has 0 aliphatic rings. The fourth-order valence-electron chi connectivity index (χ4n) is 0.744. The maximum absolute atomic E-state index is 5.36. The highest BCUT2D eigenvalue weighted by Crippen LogP contribution is 1.99. The van der Waals surface area contributed by atoms with Crippen LogP contribution in [0.1, 0.15) is 26.7 Å². The number of hydrogen-bond acceptors (Lipinski definition) is 2. The van der Waals surface area contributed by atoms with Gasteiger partial charge in [0.25, 0.3) is 0 Å². The van der Waals surface area contributed by atoms with Gasteiger partial charge in [-0.15, -0.1) is 0 Å². The van der Waals surface area contributed by atoms with Crippen molar-refractivity contribution in [2.75, 3.05) is 12.4 Å².